The highest BCUT2D eigenvalue weighted by atomic mass is 16.5. The fraction of sp³-hybridized carbons (Fsp3) is 0.353. The highest BCUT2D eigenvalue weighted by molar-refractivity contribution is 6.05. The molecule has 0 bridgehead atoms. The van der Waals surface area contributed by atoms with E-state index in [1.807, 2.05) is 30.5 Å². The lowest BCUT2D eigenvalue weighted by Crippen LogP contribution is -2.46. The maximum absolute atomic E-state index is 12.3. The number of amides is 2. The molecule has 1 saturated heterocycles. The average molecular weight is 314 g/mol. The molecule has 1 N–H and O–H groups in total. The number of rotatable bonds is 5. The van der Waals surface area contributed by atoms with Gasteiger partial charge >= 0.3 is 5.97 Å². The lowest BCUT2D eigenvalue weighted by atomic mass is 10.0. The van der Waals surface area contributed by atoms with E-state index in [1.165, 1.54) is 0 Å². The second kappa shape index (κ2) is 6.24. The van der Waals surface area contributed by atoms with Crippen LogP contribution in [0.25, 0.3) is 10.9 Å². The highest BCUT2D eigenvalue weighted by Crippen LogP contribution is 2.24. The summed E-state index contributed by atoms with van der Waals surface area (Å²) in [7, 11) is 0. The first-order valence-electron chi connectivity index (χ1n) is 7.68. The van der Waals surface area contributed by atoms with Gasteiger partial charge in [0.1, 0.15) is 6.04 Å². The number of imide groups is 1. The number of esters is 1. The Balaban J connectivity index is 1.94. The summed E-state index contributed by atoms with van der Waals surface area (Å²) in [5.74, 6) is -1.16. The second-order valence-electron chi connectivity index (χ2n) is 5.49. The third-order valence-corrected chi connectivity index (χ3v) is 4.05. The van der Waals surface area contributed by atoms with Gasteiger partial charge in [-0.25, -0.2) is 4.79 Å². The van der Waals surface area contributed by atoms with Crippen LogP contribution in [-0.4, -0.2) is 40.3 Å². The van der Waals surface area contributed by atoms with Crippen molar-refractivity contribution in [3.05, 3.63) is 36.0 Å². The van der Waals surface area contributed by atoms with Gasteiger partial charge in [0, 0.05) is 36.4 Å². The molecule has 1 fully saturated rings. The van der Waals surface area contributed by atoms with Gasteiger partial charge in [-0.05, 0) is 18.6 Å². The number of aromatic amines is 1. The van der Waals surface area contributed by atoms with Crippen LogP contribution < -0.4 is 0 Å². The summed E-state index contributed by atoms with van der Waals surface area (Å²) in [4.78, 5) is 40.5. The van der Waals surface area contributed by atoms with E-state index < -0.39 is 12.0 Å². The number of benzene rings is 1. The number of nitrogens with zero attached hydrogens (tertiary/aromatic N) is 1. The Bertz CT molecular complexity index is 749. The van der Waals surface area contributed by atoms with Crippen LogP contribution in [0.3, 0.4) is 0 Å². The zero-order chi connectivity index (χ0) is 16.4. The highest BCUT2D eigenvalue weighted by Gasteiger charge is 2.39. The Hall–Kier alpha value is -2.63. The van der Waals surface area contributed by atoms with Crippen molar-refractivity contribution in [2.24, 2.45) is 0 Å². The summed E-state index contributed by atoms with van der Waals surface area (Å²) in [6.07, 6.45) is 2.37. The molecule has 0 aliphatic carbocycles. The van der Waals surface area contributed by atoms with Gasteiger partial charge in [-0.2, -0.15) is 0 Å². The molecule has 0 saturated carbocycles. The molecule has 1 aliphatic heterocycles. The number of ether oxygens (including phenoxy) is 1. The van der Waals surface area contributed by atoms with Crippen LogP contribution in [0.15, 0.2) is 30.5 Å². The molecule has 1 aromatic carbocycles. The molecule has 23 heavy (non-hydrogen) atoms. The van der Waals surface area contributed by atoms with Gasteiger partial charge in [-0.3, -0.25) is 14.5 Å². The van der Waals surface area contributed by atoms with Gasteiger partial charge in [-0.1, -0.05) is 18.2 Å². The normalized spacial score (nSPS) is 16.1. The predicted molar refractivity (Wildman–Crippen MR) is 83.5 cm³/mol. The fourth-order valence-electron chi connectivity index (χ4n) is 2.97. The lowest BCUT2D eigenvalue weighted by molar-refractivity contribution is -0.157. The zero-order valence-corrected chi connectivity index (χ0v) is 12.9. The lowest BCUT2D eigenvalue weighted by Gasteiger charge is -2.24. The maximum Gasteiger partial charge on any atom is 0.329 e. The molecule has 120 valence electrons. The van der Waals surface area contributed by atoms with Crippen molar-refractivity contribution >= 4 is 28.7 Å². The summed E-state index contributed by atoms with van der Waals surface area (Å²) in [5, 5.41) is 0.973. The molecule has 1 aromatic heterocycles. The van der Waals surface area contributed by atoms with Crippen molar-refractivity contribution in [3.63, 3.8) is 0 Å². The second-order valence-corrected chi connectivity index (χ2v) is 5.49. The minimum absolute atomic E-state index is 0.155. The van der Waals surface area contributed by atoms with Crippen LogP contribution in [0, 0.1) is 0 Å². The summed E-state index contributed by atoms with van der Waals surface area (Å²) in [5.41, 5.74) is 1.83. The number of H-pyrrole nitrogens is 1. The van der Waals surface area contributed by atoms with E-state index in [2.05, 4.69) is 4.98 Å². The van der Waals surface area contributed by atoms with Crippen molar-refractivity contribution in [2.45, 2.75) is 32.2 Å². The molecule has 0 unspecified atom stereocenters. The molecule has 6 nitrogen and oxygen atoms in total. The van der Waals surface area contributed by atoms with Crippen LogP contribution in [-0.2, 0) is 25.5 Å². The first kappa shape index (κ1) is 15.3. The van der Waals surface area contributed by atoms with Crippen molar-refractivity contribution in [1.82, 2.24) is 9.88 Å². The molecular formula is C17H18N2O4. The predicted octanol–water partition coefficient (Wildman–Crippen LogP) is 1.79. The molecule has 2 aromatic rings. The number of aromatic nitrogens is 1. The van der Waals surface area contributed by atoms with Crippen molar-refractivity contribution < 1.29 is 19.1 Å². The molecule has 1 aliphatic rings. The van der Waals surface area contributed by atoms with Gasteiger partial charge in [0.2, 0.25) is 11.8 Å². The number of fused-ring (bicyclic) bond motifs is 1. The molecule has 0 spiro atoms. The largest absolute Gasteiger partial charge is 0.464 e. The third-order valence-electron chi connectivity index (χ3n) is 4.05. The molecule has 0 radical (unpaired) electrons. The number of hydrogen-bond acceptors (Lipinski definition) is 4. The SMILES string of the molecule is CCOC(=O)[C@H](Cc1c[nH]c2ccccc12)N1C(=O)CCC1=O. The van der Waals surface area contributed by atoms with Gasteiger partial charge in [0.15, 0.2) is 0 Å². The fourth-order valence-corrected chi connectivity index (χ4v) is 2.97. The molecule has 6 heteroatoms. The van der Waals surface area contributed by atoms with E-state index in [9.17, 15) is 14.4 Å². The van der Waals surface area contributed by atoms with Gasteiger partial charge in [0.05, 0.1) is 6.61 Å². The number of carbonyl (C=O) groups excluding carboxylic acids is 3. The zero-order valence-electron chi connectivity index (χ0n) is 12.9. The standard InChI is InChI=1S/C17H18N2O4/c1-2-23-17(22)14(19-15(20)7-8-16(19)21)9-11-10-18-13-6-4-3-5-12(11)13/h3-6,10,14,18H,2,7-9H2,1H3/t14-/m0/s1. The van der Waals surface area contributed by atoms with Crippen LogP contribution in [0.4, 0.5) is 0 Å². The van der Waals surface area contributed by atoms with Gasteiger partial charge < -0.3 is 9.72 Å². The summed E-state index contributed by atoms with van der Waals surface area (Å²) in [6.45, 7) is 1.91. The monoisotopic (exact) mass is 314 g/mol. The summed E-state index contributed by atoms with van der Waals surface area (Å²) < 4.78 is 5.08. The molecular weight excluding hydrogens is 296 g/mol. The van der Waals surface area contributed by atoms with Crippen molar-refractivity contribution in [3.8, 4) is 0 Å². The number of nitrogens with one attached hydrogen (secondary N) is 1. The molecule has 2 amide bonds. The van der Waals surface area contributed by atoms with E-state index in [0.29, 0.717) is 0 Å². The molecule has 1 atom stereocenters. The van der Waals surface area contributed by atoms with Crippen LogP contribution in [0.1, 0.15) is 25.3 Å². The van der Waals surface area contributed by atoms with E-state index in [4.69, 9.17) is 4.74 Å². The number of hydrogen-bond donors (Lipinski definition) is 1. The number of para-hydroxylation sites is 1. The first-order chi connectivity index (χ1) is 11.1. The first-order valence-corrected chi connectivity index (χ1v) is 7.68. The van der Waals surface area contributed by atoms with Crippen molar-refractivity contribution in [2.75, 3.05) is 6.61 Å². The quantitative estimate of drug-likeness (QED) is 0.674. The Kier molecular flexibility index (Phi) is 4.14. The van der Waals surface area contributed by atoms with E-state index >= 15 is 0 Å². The van der Waals surface area contributed by atoms with Crippen LogP contribution in [0.2, 0.25) is 0 Å². The van der Waals surface area contributed by atoms with E-state index in [-0.39, 0.29) is 37.7 Å². The summed E-state index contributed by atoms with van der Waals surface area (Å²) >= 11 is 0. The third kappa shape index (κ3) is 2.84. The van der Waals surface area contributed by atoms with Crippen LogP contribution >= 0.6 is 0 Å². The summed E-state index contributed by atoms with van der Waals surface area (Å²) in [6, 6.07) is 6.79. The van der Waals surface area contributed by atoms with Gasteiger partial charge in [-0.15, -0.1) is 0 Å². The Morgan fingerprint density at radius 1 is 1.26 bits per heavy atom. The maximum atomic E-state index is 12.3. The average Bonchev–Trinajstić information content (AvgIpc) is 3.09. The number of likely N-dealkylation sites (tertiary alicyclic amines) is 1. The minimum Gasteiger partial charge on any atom is -0.464 e. The Labute approximate surface area is 133 Å². The van der Waals surface area contributed by atoms with Crippen molar-refractivity contribution in [1.29, 1.82) is 0 Å². The topological polar surface area (TPSA) is 79.5 Å². The van der Waals surface area contributed by atoms with Gasteiger partial charge in [0.25, 0.3) is 0 Å². The molecule has 2 heterocycles. The Morgan fingerprint density at radius 3 is 2.65 bits per heavy atom. The van der Waals surface area contributed by atoms with E-state index in [1.54, 1.807) is 6.92 Å². The minimum atomic E-state index is -0.906. The molecule has 3 rings (SSSR count). The Morgan fingerprint density at radius 2 is 1.96 bits per heavy atom. The number of carbonyl (C=O) groups is 3. The smallest absolute Gasteiger partial charge is 0.329 e. The van der Waals surface area contributed by atoms with E-state index in [0.717, 1.165) is 21.4 Å². The van der Waals surface area contributed by atoms with Crippen LogP contribution in [0.5, 0.6) is 0 Å².